The zero-order valence-electron chi connectivity index (χ0n) is 6.81. The minimum absolute atomic E-state index is 1.13. The van der Waals surface area contributed by atoms with Gasteiger partial charge < -0.3 is 0 Å². The normalized spacial score (nSPS) is 21.3. The van der Waals surface area contributed by atoms with Crippen molar-refractivity contribution in [2.45, 2.75) is 49.4 Å². The van der Waals surface area contributed by atoms with Crippen molar-refractivity contribution >= 4 is 22.5 Å². The molecule has 1 heteroatoms. The Morgan fingerprint density at radius 2 is 1.80 bits per heavy atom. The molecule has 0 N–H and O–H groups in total. The summed E-state index contributed by atoms with van der Waals surface area (Å²) in [4.78, 5) is 0. The summed E-state index contributed by atoms with van der Waals surface area (Å²) in [6, 6.07) is 0. The Morgan fingerprint density at radius 1 is 1.10 bits per heavy atom. The Bertz CT molecular complexity index is 74.8. The summed E-state index contributed by atoms with van der Waals surface area (Å²) in [6.07, 6.45) is 10.7. The van der Waals surface area contributed by atoms with Gasteiger partial charge in [0.25, 0.3) is 0 Å². The van der Waals surface area contributed by atoms with Gasteiger partial charge in [0.15, 0.2) is 0 Å². The van der Waals surface area contributed by atoms with E-state index in [1.165, 1.54) is 52.6 Å². The molecule has 2 radical (unpaired) electrons. The first-order valence-corrected chi connectivity index (χ1v) is 6.96. The molecule has 1 aliphatic rings. The Labute approximate surface area is 77.9 Å². The van der Waals surface area contributed by atoms with E-state index in [0.717, 1.165) is 5.92 Å². The minimum atomic E-state index is 1.13. The first kappa shape index (κ1) is 8.89. The third-order valence-electron chi connectivity index (χ3n) is 2.54. The van der Waals surface area contributed by atoms with Gasteiger partial charge >= 0.3 is 77.8 Å². The summed E-state index contributed by atoms with van der Waals surface area (Å²) in [5.41, 5.74) is 0. The second kappa shape index (κ2) is 5.45. The SMILES string of the molecule is [SnH][CH2]CCC1CCCCC1. The number of hydrogen-bond donors (Lipinski definition) is 0. The Balaban J connectivity index is 2.02. The van der Waals surface area contributed by atoms with Gasteiger partial charge in [-0.1, -0.05) is 0 Å². The van der Waals surface area contributed by atoms with Crippen molar-refractivity contribution in [3.63, 3.8) is 0 Å². The molecule has 0 nitrogen and oxygen atoms in total. The molecule has 0 bridgehead atoms. The van der Waals surface area contributed by atoms with Crippen molar-refractivity contribution in [1.29, 1.82) is 0 Å². The second-order valence-electron chi connectivity index (χ2n) is 3.43. The van der Waals surface area contributed by atoms with Gasteiger partial charge in [-0.2, -0.15) is 0 Å². The summed E-state index contributed by atoms with van der Waals surface area (Å²) < 4.78 is 1.52. The molecule has 0 spiro atoms. The molecule has 0 saturated heterocycles. The van der Waals surface area contributed by atoms with Gasteiger partial charge in [-0.25, -0.2) is 0 Å². The maximum atomic E-state index is 1.54. The van der Waals surface area contributed by atoms with E-state index in [1.807, 2.05) is 0 Å². The van der Waals surface area contributed by atoms with Gasteiger partial charge in [-0.3, -0.25) is 0 Å². The van der Waals surface area contributed by atoms with Crippen molar-refractivity contribution in [2.24, 2.45) is 5.92 Å². The van der Waals surface area contributed by atoms with Crippen LogP contribution in [0.15, 0.2) is 0 Å². The van der Waals surface area contributed by atoms with Crippen molar-refractivity contribution in [1.82, 2.24) is 0 Å². The Kier molecular flexibility index (Phi) is 4.85. The fourth-order valence-electron chi connectivity index (χ4n) is 1.88. The van der Waals surface area contributed by atoms with Crippen LogP contribution in [0.4, 0.5) is 0 Å². The molecule has 0 unspecified atom stereocenters. The summed E-state index contributed by atoms with van der Waals surface area (Å²) in [5.74, 6) is 1.13. The van der Waals surface area contributed by atoms with Crippen molar-refractivity contribution in [2.75, 3.05) is 0 Å². The van der Waals surface area contributed by atoms with Crippen LogP contribution in [0.1, 0.15) is 44.9 Å². The van der Waals surface area contributed by atoms with Crippen LogP contribution in [0, 0.1) is 5.92 Å². The molecule has 10 heavy (non-hydrogen) atoms. The topological polar surface area (TPSA) is 0 Å². The Hall–Kier alpha value is 0.799. The van der Waals surface area contributed by atoms with E-state index in [2.05, 4.69) is 0 Å². The zero-order chi connectivity index (χ0) is 7.23. The molecule has 0 atom stereocenters. The Morgan fingerprint density at radius 3 is 2.40 bits per heavy atom. The summed E-state index contributed by atoms with van der Waals surface area (Å²) >= 11 is 1.48. The second-order valence-corrected chi connectivity index (χ2v) is 5.08. The molecule has 1 aliphatic carbocycles. The van der Waals surface area contributed by atoms with E-state index < -0.39 is 0 Å². The predicted octanol–water partition coefficient (Wildman–Crippen LogP) is 2.67. The van der Waals surface area contributed by atoms with Gasteiger partial charge in [-0.15, -0.1) is 0 Å². The molecule has 0 aromatic carbocycles. The van der Waals surface area contributed by atoms with Gasteiger partial charge in [0, 0.05) is 0 Å². The van der Waals surface area contributed by atoms with Crippen LogP contribution in [0.3, 0.4) is 0 Å². The van der Waals surface area contributed by atoms with E-state index in [0.29, 0.717) is 0 Å². The van der Waals surface area contributed by atoms with E-state index in [9.17, 15) is 0 Å². The van der Waals surface area contributed by atoms with E-state index in [-0.39, 0.29) is 0 Å². The van der Waals surface area contributed by atoms with Crippen molar-refractivity contribution in [3.05, 3.63) is 0 Å². The van der Waals surface area contributed by atoms with Gasteiger partial charge in [0.2, 0.25) is 0 Å². The fraction of sp³-hybridized carbons (Fsp3) is 1.00. The van der Waals surface area contributed by atoms with Gasteiger partial charge in [-0.05, 0) is 0 Å². The van der Waals surface area contributed by atoms with Crippen molar-refractivity contribution < 1.29 is 0 Å². The maximum absolute atomic E-state index is 1.54. The molecule has 1 saturated carbocycles. The van der Waals surface area contributed by atoms with Crippen LogP contribution in [0.5, 0.6) is 0 Å². The molecule has 1 fully saturated rings. The quantitative estimate of drug-likeness (QED) is 0.670. The monoisotopic (exact) mass is 246 g/mol. The van der Waals surface area contributed by atoms with Crippen LogP contribution in [-0.4, -0.2) is 22.5 Å². The van der Waals surface area contributed by atoms with E-state index in [1.54, 1.807) is 19.3 Å². The molecular weight excluding hydrogens is 227 g/mol. The van der Waals surface area contributed by atoms with E-state index >= 15 is 0 Å². The standard InChI is InChI=1S/C9H17.Sn.H/c1-2-6-9-7-4-3-5-8-9;;/h9H,1-8H2;;. The third-order valence-corrected chi connectivity index (χ3v) is 3.71. The van der Waals surface area contributed by atoms with Crippen molar-refractivity contribution in [3.8, 4) is 0 Å². The fourth-order valence-corrected chi connectivity index (χ4v) is 2.56. The molecule has 1 rings (SSSR count). The molecule has 0 amide bonds. The first-order chi connectivity index (χ1) is 4.93. The molecule has 58 valence electrons. The summed E-state index contributed by atoms with van der Waals surface area (Å²) in [5, 5.41) is 0. The molecular formula is C9H18Sn. The first-order valence-electron chi connectivity index (χ1n) is 4.63. The molecule has 0 aromatic heterocycles. The van der Waals surface area contributed by atoms with Crippen LogP contribution in [-0.2, 0) is 0 Å². The van der Waals surface area contributed by atoms with Crippen LogP contribution in [0.2, 0.25) is 4.44 Å². The molecule has 0 heterocycles. The van der Waals surface area contributed by atoms with E-state index in [4.69, 9.17) is 0 Å². The zero-order valence-corrected chi connectivity index (χ0v) is 10.1. The number of rotatable bonds is 3. The van der Waals surface area contributed by atoms with Crippen LogP contribution < -0.4 is 0 Å². The van der Waals surface area contributed by atoms with Crippen LogP contribution >= 0.6 is 0 Å². The molecule has 0 aromatic rings. The molecule has 0 aliphatic heterocycles. The third kappa shape index (κ3) is 3.27. The average Bonchev–Trinajstić information content (AvgIpc) is 2.03. The number of hydrogen-bond acceptors (Lipinski definition) is 0. The summed E-state index contributed by atoms with van der Waals surface area (Å²) in [6.45, 7) is 0. The van der Waals surface area contributed by atoms with Gasteiger partial charge in [0.1, 0.15) is 0 Å². The summed E-state index contributed by atoms with van der Waals surface area (Å²) in [7, 11) is 0. The van der Waals surface area contributed by atoms with Crippen LogP contribution in [0.25, 0.3) is 0 Å². The predicted molar refractivity (Wildman–Crippen MR) is 47.8 cm³/mol. The average molecular weight is 245 g/mol. The van der Waals surface area contributed by atoms with Gasteiger partial charge in [0.05, 0.1) is 0 Å².